The number of sulfonamides is 1. The zero-order valence-electron chi connectivity index (χ0n) is 15.8. The van der Waals surface area contributed by atoms with Gasteiger partial charge in [-0.05, 0) is 49.1 Å². The average molecular weight is 423 g/mol. The van der Waals surface area contributed by atoms with E-state index in [2.05, 4.69) is 5.32 Å². The molecule has 0 aromatic heterocycles. The average Bonchev–Trinajstić information content (AvgIpc) is 2.68. The van der Waals surface area contributed by atoms with Crippen LogP contribution in [-0.4, -0.2) is 38.8 Å². The van der Waals surface area contributed by atoms with Crippen molar-refractivity contribution in [3.05, 3.63) is 53.1 Å². The van der Waals surface area contributed by atoms with Crippen molar-refractivity contribution in [3.63, 3.8) is 0 Å². The summed E-state index contributed by atoms with van der Waals surface area (Å²) in [7, 11) is -2.22. The Morgan fingerprint density at radius 2 is 2.04 bits per heavy atom. The minimum Gasteiger partial charge on any atom is -0.497 e. The van der Waals surface area contributed by atoms with Crippen molar-refractivity contribution >= 4 is 33.2 Å². The van der Waals surface area contributed by atoms with Crippen LogP contribution in [-0.2, 0) is 10.0 Å². The topological polar surface area (TPSA) is 75.7 Å². The second-order valence-corrected chi connectivity index (χ2v) is 9.26. The van der Waals surface area contributed by atoms with E-state index in [0.29, 0.717) is 30.4 Å². The van der Waals surface area contributed by atoms with Gasteiger partial charge in [-0.15, -0.1) is 0 Å². The fraction of sp³-hybridized carbons (Fsp3) is 0.350. The lowest BCUT2D eigenvalue weighted by Gasteiger charge is -2.30. The summed E-state index contributed by atoms with van der Waals surface area (Å²) in [5.41, 5.74) is 0.768. The maximum absolute atomic E-state index is 13.1. The Labute approximate surface area is 170 Å². The minimum atomic E-state index is -3.76. The molecule has 2 aromatic carbocycles. The molecule has 2 aromatic rings. The molecule has 8 heteroatoms. The van der Waals surface area contributed by atoms with E-state index in [1.54, 1.807) is 31.4 Å². The van der Waals surface area contributed by atoms with Crippen LogP contribution in [0.3, 0.4) is 0 Å². The number of halogens is 1. The number of piperidine rings is 1. The van der Waals surface area contributed by atoms with E-state index in [1.807, 2.05) is 6.92 Å². The molecular weight excluding hydrogens is 400 g/mol. The summed E-state index contributed by atoms with van der Waals surface area (Å²) in [4.78, 5) is 12.6. The summed E-state index contributed by atoms with van der Waals surface area (Å²) in [6.07, 6.45) is 1.82. The lowest BCUT2D eigenvalue weighted by Crippen LogP contribution is -2.39. The van der Waals surface area contributed by atoms with Gasteiger partial charge in [-0.25, -0.2) is 8.42 Å². The zero-order chi connectivity index (χ0) is 20.3. The van der Waals surface area contributed by atoms with Crippen molar-refractivity contribution < 1.29 is 17.9 Å². The number of rotatable bonds is 5. The highest BCUT2D eigenvalue weighted by Crippen LogP contribution is 2.29. The molecule has 0 bridgehead atoms. The number of carbonyl (C=O) groups is 1. The third kappa shape index (κ3) is 4.48. The van der Waals surface area contributed by atoms with Crippen molar-refractivity contribution in [2.45, 2.75) is 24.7 Å². The van der Waals surface area contributed by atoms with Gasteiger partial charge in [0.2, 0.25) is 10.0 Å². The molecule has 0 saturated carbocycles. The predicted octanol–water partition coefficient (Wildman–Crippen LogP) is 4.02. The lowest BCUT2D eigenvalue weighted by molar-refractivity contribution is 0.102. The molecule has 3 rings (SSSR count). The van der Waals surface area contributed by atoms with Crippen LogP contribution in [0.5, 0.6) is 5.75 Å². The first-order valence-corrected chi connectivity index (χ1v) is 10.9. The van der Waals surface area contributed by atoms with Gasteiger partial charge in [0.05, 0.1) is 12.1 Å². The first kappa shape index (κ1) is 20.6. The number of amides is 1. The van der Waals surface area contributed by atoms with Crippen molar-refractivity contribution in [1.82, 2.24) is 4.31 Å². The monoisotopic (exact) mass is 422 g/mol. The number of hydrogen-bond donors (Lipinski definition) is 1. The number of carbonyl (C=O) groups excluding carboxylic acids is 1. The minimum absolute atomic E-state index is 0.0402. The molecule has 1 fully saturated rings. The number of benzene rings is 2. The second kappa shape index (κ2) is 8.51. The fourth-order valence-corrected chi connectivity index (χ4v) is 5.35. The first-order chi connectivity index (χ1) is 13.3. The number of ether oxygens (including phenoxy) is 1. The van der Waals surface area contributed by atoms with Crippen LogP contribution < -0.4 is 10.1 Å². The van der Waals surface area contributed by atoms with E-state index < -0.39 is 15.9 Å². The van der Waals surface area contributed by atoms with Crippen molar-refractivity contribution in [3.8, 4) is 5.75 Å². The van der Waals surface area contributed by atoms with Gasteiger partial charge in [0.25, 0.3) is 5.91 Å². The number of nitrogens with zero attached hydrogens (tertiary/aromatic N) is 1. The molecule has 1 aliphatic rings. The summed E-state index contributed by atoms with van der Waals surface area (Å²) >= 11 is 6.19. The summed E-state index contributed by atoms with van der Waals surface area (Å²) in [5, 5.41) is 2.85. The van der Waals surface area contributed by atoms with E-state index in [4.69, 9.17) is 16.3 Å². The molecule has 0 unspecified atom stereocenters. The third-order valence-corrected chi connectivity index (χ3v) is 7.11. The molecule has 0 spiro atoms. The first-order valence-electron chi connectivity index (χ1n) is 9.06. The Morgan fingerprint density at radius 1 is 1.25 bits per heavy atom. The number of hydrogen-bond acceptors (Lipinski definition) is 4. The highest BCUT2D eigenvalue weighted by molar-refractivity contribution is 7.89. The Morgan fingerprint density at radius 3 is 2.75 bits per heavy atom. The van der Waals surface area contributed by atoms with Gasteiger partial charge in [-0.1, -0.05) is 24.6 Å². The number of nitrogens with one attached hydrogen (secondary N) is 1. The maximum atomic E-state index is 13.1. The summed E-state index contributed by atoms with van der Waals surface area (Å²) in [6, 6.07) is 11.2. The smallest absolute Gasteiger partial charge is 0.255 e. The molecule has 1 aliphatic heterocycles. The summed E-state index contributed by atoms with van der Waals surface area (Å²) in [6.45, 7) is 2.95. The fourth-order valence-electron chi connectivity index (χ4n) is 3.25. The van der Waals surface area contributed by atoms with Crippen molar-refractivity contribution in [2.75, 3.05) is 25.5 Å². The molecular formula is C20H23ClN2O4S. The predicted molar refractivity (Wildman–Crippen MR) is 110 cm³/mol. The number of anilines is 1. The highest BCUT2D eigenvalue weighted by Gasteiger charge is 2.30. The van der Waals surface area contributed by atoms with Gasteiger partial charge in [-0.3, -0.25) is 4.79 Å². The van der Waals surface area contributed by atoms with Gasteiger partial charge >= 0.3 is 0 Å². The normalized spacial score (nSPS) is 17.9. The van der Waals surface area contributed by atoms with E-state index >= 15 is 0 Å². The van der Waals surface area contributed by atoms with Crippen LogP contribution in [0.1, 0.15) is 30.1 Å². The highest BCUT2D eigenvalue weighted by atomic mass is 35.5. The quantitative estimate of drug-likeness (QED) is 0.789. The van der Waals surface area contributed by atoms with Gasteiger partial charge in [0, 0.05) is 30.4 Å². The van der Waals surface area contributed by atoms with E-state index in [1.165, 1.54) is 22.5 Å². The lowest BCUT2D eigenvalue weighted by atomic mass is 10.0. The number of methoxy groups -OCH3 is 1. The van der Waals surface area contributed by atoms with Gasteiger partial charge in [-0.2, -0.15) is 4.31 Å². The molecule has 1 saturated heterocycles. The third-order valence-electron chi connectivity index (χ3n) is 4.76. The molecule has 1 heterocycles. The van der Waals surface area contributed by atoms with Crippen LogP contribution in [0.4, 0.5) is 5.69 Å². The molecule has 150 valence electrons. The van der Waals surface area contributed by atoms with Gasteiger partial charge in [0.1, 0.15) is 10.6 Å². The van der Waals surface area contributed by atoms with Crippen LogP contribution in [0.15, 0.2) is 47.4 Å². The van der Waals surface area contributed by atoms with Crippen LogP contribution >= 0.6 is 11.6 Å². The van der Waals surface area contributed by atoms with Crippen molar-refractivity contribution in [2.24, 2.45) is 5.92 Å². The van der Waals surface area contributed by atoms with Gasteiger partial charge < -0.3 is 10.1 Å². The summed E-state index contributed by atoms with van der Waals surface area (Å²) in [5.74, 6) is 0.478. The Balaban J connectivity index is 1.87. The van der Waals surface area contributed by atoms with Crippen LogP contribution in [0.25, 0.3) is 0 Å². The van der Waals surface area contributed by atoms with Crippen molar-refractivity contribution in [1.29, 1.82) is 0 Å². The maximum Gasteiger partial charge on any atom is 0.255 e. The van der Waals surface area contributed by atoms with E-state index in [0.717, 1.165) is 12.8 Å². The molecule has 1 N–H and O–H groups in total. The van der Waals surface area contributed by atoms with Crippen LogP contribution in [0.2, 0.25) is 5.02 Å². The van der Waals surface area contributed by atoms with Crippen LogP contribution in [0, 0.1) is 5.92 Å². The standard InChI is InChI=1S/C20H23ClN2O4S/c1-14-5-4-10-23(13-14)28(25,26)19-11-15(8-9-18(19)21)20(24)22-16-6-3-7-17(12-16)27-2/h3,6-9,11-12,14H,4-5,10,13H2,1-2H3,(H,22,24)/t14-/m1/s1. The molecule has 28 heavy (non-hydrogen) atoms. The summed E-state index contributed by atoms with van der Waals surface area (Å²) < 4.78 is 32.7. The molecule has 0 aliphatic carbocycles. The zero-order valence-corrected chi connectivity index (χ0v) is 17.4. The largest absolute Gasteiger partial charge is 0.497 e. The Hall–Kier alpha value is -2.09. The Bertz CT molecular complexity index is 978. The Kier molecular flexibility index (Phi) is 6.27. The van der Waals surface area contributed by atoms with E-state index in [-0.39, 0.29) is 15.5 Å². The second-order valence-electron chi connectivity index (χ2n) is 6.94. The molecule has 6 nitrogen and oxygen atoms in total. The van der Waals surface area contributed by atoms with E-state index in [9.17, 15) is 13.2 Å². The molecule has 0 radical (unpaired) electrons. The molecule has 1 atom stereocenters. The van der Waals surface area contributed by atoms with Gasteiger partial charge in [0.15, 0.2) is 0 Å². The molecule has 1 amide bonds. The SMILES string of the molecule is COc1cccc(NC(=O)c2ccc(Cl)c(S(=O)(=O)N3CCC[C@@H](C)C3)c2)c1.